The predicted octanol–water partition coefficient (Wildman–Crippen LogP) is 1.15. The fourth-order valence-electron chi connectivity index (χ4n) is 8.64. The number of hydrogen-bond acceptors (Lipinski definition) is 13. The first-order chi connectivity index (χ1) is 27.6. The van der Waals surface area contributed by atoms with E-state index in [9.17, 15) is 28.8 Å². The number of amides is 7. The molecule has 18 heteroatoms. The number of nitrogens with zero attached hydrogens (tertiary/aromatic N) is 8. The summed E-state index contributed by atoms with van der Waals surface area (Å²) in [5.74, 6) is -1.94. The minimum absolute atomic E-state index is 0.0295. The van der Waals surface area contributed by atoms with E-state index in [4.69, 9.17) is 15.5 Å². The Kier molecular flexibility index (Phi) is 9.34. The number of carbonyl (C=O) groups excluding carboxylic acids is 6. The Labute approximate surface area is 327 Å². The molecule has 5 fully saturated rings. The van der Waals surface area contributed by atoms with Crippen LogP contribution in [-0.2, 0) is 14.3 Å². The first kappa shape index (κ1) is 36.3. The highest BCUT2D eigenvalue weighted by molar-refractivity contribution is 6.23. The highest BCUT2D eigenvalue weighted by Crippen LogP contribution is 2.33. The number of nitrogens with one attached hydrogen (secondary N) is 2. The lowest BCUT2D eigenvalue weighted by Gasteiger charge is -2.39. The number of hydrogen-bond donors (Lipinski definition) is 3. The van der Waals surface area contributed by atoms with E-state index in [-0.39, 0.29) is 53.6 Å². The van der Waals surface area contributed by atoms with Gasteiger partial charge in [0.15, 0.2) is 11.5 Å². The van der Waals surface area contributed by atoms with Gasteiger partial charge in [-0.15, -0.1) is 0 Å². The lowest BCUT2D eigenvalue weighted by Crippen LogP contribution is -2.54. The molecule has 2 unspecified atom stereocenters. The number of ether oxygens (including phenoxy) is 1. The second-order valence-electron chi connectivity index (χ2n) is 15.2. The average Bonchev–Trinajstić information content (AvgIpc) is 3.69. The van der Waals surface area contributed by atoms with Crippen LogP contribution in [0.3, 0.4) is 0 Å². The molecule has 7 amide bonds. The van der Waals surface area contributed by atoms with Crippen LogP contribution in [0.5, 0.6) is 0 Å². The van der Waals surface area contributed by atoms with Crippen molar-refractivity contribution in [3.05, 3.63) is 65.5 Å². The largest absolute Gasteiger partial charge is 0.377 e. The summed E-state index contributed by atoms with van der Waals surface area (Å²) in [5.41, 5.74) is 8.77. The number of urea groups is 1. The fraction of sp³-hybridized carbons (Fsp3) is 0.436. The Bertz CT molecular complexity index is 2150. The van der Waals surface area contributed by atoms with E-state index in [0.29, 0.717) is 70.5 Å². The predicted molar refractivity (Wildman–Crippen MR) is 206 cm³/mol. The molecule has 2 aromatic carbocycles. The number of fused-ring (bicyclic) bond motifs is 1. The zero-order chi connectivity index (χ0) is 39.4. The number of nitrogens with two attached hydrogens (primary N) is 1. The van der Waals surface area contributed by atoms with E-state index < -0.39 is 35.6 Å². The fourth-order valence-corrected chi connectivity index (χ4v) is 8.64. The summed E-state index contributed by atoms with van der Waals surface area (Å²) in [5, 5.41) is 5.48. The molecule has 6 aliphatic heterocycles. The molecule has 296 valence electrons. The zero-order valence-electron chi connectivity index (χ0n) is 31.3. The second-order valence-corrected chi connectivity index (χ2v) is 15.2. The van der Waals surface area contributed by atoms with Gasteiger partial charge in [0.05, 0.1) is 42.6 Å². The summed E-state index contributed by atoms with van der Waals surface area (Å²) in [7, 11) is 0. The van der Waals surface area contributed by atoms with Crippen LogP contribution in [0, 0.1) is 0 Å². The van der Waals surface area contributed by atoms with Crippen molar-refractivity contribution in [2.45, 2.75) is 43.8 Å². The number of primary amides is 1. The van der Waals surface area contributed by atoms with Crippen molar-refractivity contribution >= 4 is 64.3 Å². The molecule has 3 aromatic rings. The molecule has 9 rings (SSSR count). The SMILES string of the molecule is NC(=O)c1ncc(N2CCCC(N3CCN(C4COC4)C3=O)C2)nc1Nc1ccc(N2CCN(c3ccc4c(c3)C(=O)N(C3CCC(=O)NC3=O)C4=O)CC2)cc1. The van der Waals surface area contributed by atoms with Crippen molar-refractivity contribution in [2.24, 2.45) is 5.73 Å². The Morgan fingerprint density at radius 3 is 2.16 bits per heavy atom. The molecule has 1 aromatic heterocycles. The summed E-state index contributed by atoms with van der Waals surface area (Å²) in [6.45, 7) is 6.68. The molecule has 5 saturated heterocycles. The van der Waals surface area contributed by atoms with Crippen molar-refractivity contribution in [2.75, 3.05) is 85.6 Å². The van der Waals surface area contributed by atoms with Gasteiger partial charge in [-0.1, -0.05) is 0 Å². The summed E-state index contributed by atoms with van der Waals surface area (Å²) < 4.78 is 5.31. The molecule has 18 nitrogen and oxygen atoms in total. The maximum atomic E-state index is 13.4. The van der Waals surface area contributed by atoms with Gasteiger partial charge in [-0.25, -0.2) is 14.8 Å². The highest BCUT2D eigenvalue weighted by atomic mass is 16.5. The van der Waals surface area contributed by atoms with E-state index >= 15 is 0 Å². The summed E-state index contributed by atoms with van der Waals surface area (Å²) in [6.07, 6.45) is 3.53. The normalized spacial score (nSPS) is 22.9. The molecule has 0 bridgehead atoms. The first-order valence-electron chi connectivity index (χ1n) is 19.4. The van der Waals surface area contributed by atoms with Gasteiger partial charge in [-0.2, -0.15) is 0 Å². The van der Waals surface area contributed by atoms with Crippen LogP contribution in [0.4, 0.5) is 33.5 Å². The first-order valence-corrected chi connectivity index (χ1v) is 19.4. The molecule has 7 heterocycles. The highest BCUT2D eigenvalue weighted by Gasteiger charge is 2.45. The van der Waals surface area contributed by atoms with Crippen LogP contribution >= 0.6 is 0 Å². The van der Waals surface area contributed by atoms with E-state index in [0.717, 1.165) is 35.7 Å². The lowest BCUT2D eigenvalue weighted by atomic mass is 10.0. The third-order valence-corrected chi connectivity index (χ3v) is 11.9. The number of piperidine rings is 2. The summed E-state index contributed by atoms with van der Waals surface area (Å²) in [4.78, 5) is 96.8. The molecule has 2 atom stereocenters. The number of anilines is 5. The van der Waals surface area contributed by atoms with Crippen LogP contribution in [0.1, 0.15) is 56.9 Å². The number of carbonyl (C=O) groups is 6. The van der Waals surface area contributed by atoms with Crippen LogP contribution in [0.15, 0.2) is 48.7 Å². The van der Waals surface area contributed by atoms with Crippen molar-refractivity contribution in [3.8, 4) is 0 Å². The number of benzene rings is 2. The lowest BCUT2D eigenvalue weighted by molar-refractivity contribution is -0.136. The topological polar surface area (TPSA) is 207 Å². The Hall–Kier alpha value is -6.30. The zero-order valence-corrected chi connectivity index (χ0v) is 31.3. The maximum absolute atomic E-state index is 13.4. The minimum Gasteiger partial charge on any atom is -0.377 e. The Morgan fingerprint density at radius 1 is 0.789 bits per heavy atom. The molecular formula is C39H43N11O7. The minimum atomic E-state index is -1.01. The third kappa shape index (κ3) is 6.72. The summed E-state index contributed by atoms with van der Waals surface area (Å²) in [6, 6.07) is 12.2. The second kappa shape index (κ2) is 14.6. The van der Waals surface area contributed by atoms with Crippen LogP contribution in [0.2, 0.25) is 0 Å². The van der Waals surface area contributed by atoms with E-state index in [2.05, 4.69) is 30.3 Å². The smallest absolute Gasteiger partial charge is 0.320 e. The van der Waals surface area contributed by atoms with Crippen molar-refractivity contribution < 1.29 is 33.5 Å². The molecule has 0 radical (unpaired) electrons. The molecule has 0 saturated carbocycles. The molecule has 0 aliphatic carbocycles. The number of rotatable bonds is 9. The molecule has 6 aliphatic rings. The van der Waals surface area contributed by atoms with Crippen LogP contribution < -0.4 is 31.1 Å². The van der Waals surface area contributed by atoms with E-state index in [1.807, 2.05) is 40.1 Å². The van der Waals surface area contributed by atoms with Crippen molar-refractivity contribution in [1.82, 2.24) is 30.0 Å². The van der Waals surface area contributed by atoms with Gasteiger partial charge in [-0.3, -0.25) is 34.2 Å². The van der Waals surface area contributed by atoms with Crippen molar-refractivity contribution in [3.63, 3.8) is 0 Å². The number of piperazine rings is 1. The Morgan fingerprint density at radius 2 is 1.47 bits per heavy atom. The van der Waals surface area contributed by atoms with Gasteiger partial charge in [0.2, 0.25) is 11.8 Å². The molecular weight excluding hydrogens is 734 g/mol. The third-order valence-electron chi connectivity index (χ3n) is 11.9. The van der Waals surface area contributed by atoms with Gasteiger partial charge in [0.1, 0.15) is 11.9 Å². The average molecular weight is 778 g/mol. The van der Waals surface area contributed by atoms with Gasteiger partial charge < -0.3 is 40.3 Å². The monoisotopic (exact) mass is 777 g/mol. The summed E-state index contributed by atoms with van der Waals surface area (Å²) >= 11 is 0. The van der Waals surface area contributed by atoms with Crippen LogP contribution in [0.25, 0.3) is 0 Å². The molecule has 57 heavy (non-hydrogen) atoms. The quantitative estimate of drug-likeness (QED) is 0.261. The van der Waals surface area contributed by atoms with Gasteiger partial charge in [-0.05, 0) is 61.7 Å². The van der Waals surface area contributed by atoms with Gasteiger partial charge in [0, 0.05) is 75.8 Å². The van der Waals surface area contributed by atoms with Crippen molar-refractivity contribution in [1.29, 1.82) is 0 Å². The van der Waals surface area contributed by atoms with Gasteiger partial charge >= 0.3 is 6.03 Å². The van der Waals surface area contributed by atoms with E-state index in [1.165, 1.54) is 0 Å². The Balaban J connectivity index is 0.827. The molecule has 0 spiro atoms. The molecule has 4 N–H and O–H groups in total. The number of aromatic nitrogens is 2. The van der Waals surface area contributed by atoms with Crippen LogP contribution in [-0.4, -0.2) is 144 Å². The maximum Gasteiger partial charge on any atom is 0.320 e. The van der Waals surface area contributed by atoms with Gasteiger partial charge in [0.25, 0.3) is 17.7 Å². The van der Waals surface area contributed by atoms with E-state index in [1.54, 1.807) is 18.3 Å². The number of imide groups is 2. The standard InChI is InChI=1S/C39H43N11O7/c40-34(52)33-35(43-31(19-41-33)47-11-1-2-26(20-47)48-16-17-49(39(48)56)27-21-57-22-27)42-23-3-5-24(6-4-23)45-12-14-46(15-13-45)25-7-8-28-29(18-25)38(55)50(37(28)54)30-9-10-32(51)44-36(30)53/h3-8,18-19,26-27,30H,1-2,9-17,20-22H2,(H2,40,52)(H,42,43)(H,44,51,53).